The highest BCUT2D eigenvalue weighted by molar-refractivity contribution is 7.17. The lowest BCUT2D eigenvalue weighted by Crippen LogP contribution is -1.91. The van der Waals surface area contributed by atoms with Crippen LogP contribution in [0.2, 0.25) is 0 Å². The highest BCUT2D eigenvalue weighted by Crippen LogP contribution is 2.19. The fourth-order valence-electron chi connectivity index (χ4n) is 0.957. The van der Waals surface area contributed by atoms with Crippen molar-refractivity contribution in [1.82, 2.24) is 14.6 Å². The van der Waals surface area contributed by atoms with Gasteiger partial charge in [0, 0.05) is 4.88 Å². The number of thiazole rings is 1. The summed E-state index contributed by atoms with van der Waals surface area (Å²) in [4.78, 5) is 6.15. The third kappa shape index (κ3) is 0.808. The van der Waals surface area contributed by atoms with Crippen LogP contribution >= 0.6 is 11.3 Å². The number of hydrogen-bond donors (Lipinski definition) is 1. The first-order valence-electron chi connectivity index (χ1n) is 3.26. The number of aromatic nitrogens is 3. The molecule has 0 aliphatic carbocycles. The zero-order valence-electron chi connectivity index (χ0n) is 6.33. The molecule has 2 heterocycles. The van der Waals surface area contributed by atoms with E-state index >= 15 is 0 Å². The summed E-state index contributed by atoms with van der Waals surface area (Å²) in [6.07, 6.45) is 0. The van der Waals surface area contributed by atoms with E-state index in [1.807, 2.05) is 13.8 Å². The molecule has 2 rings (SSSR count). The summed E-state index contributed by atoms with van der Waals surface area (Å²) in [6.45, 7) is 4.06. The van der Waals surface area contributed by atoms with E-state index in [1.165, 1.54) is 4.88 Å². The molecule has 0 amide bonds. The lowest BCUT2D eigenvalue weighted by molar-refractivity contribution is 0.931. The third-order valence-corrected chi connectivity index (χ3v) is 2.71. The van der Waals surface area contributed by atoms with Gasteiger partial charge in [0.25, 0.3) is 0 Å². The smallest absolute Gasteiger partial charge is 0.241 e. The molecule has 0 radical (unpaired) electrons. The van der Waals surface area contributed by atoms with Gasteiger partial charge in [-0.25, -0.2) is 4.52 Å². The Morgan fingerprint density at radius 2 is 2.18 bits per heavy atom. The van der Waals surface area contributed by atoms with Crippen LogP contribution in [0.15, 0.2) is 0 Å². The molecule has 4 nitrogen and oxygen atoms in total. The molecule has 0 unspecified atom stereocenters. The monoisotopic (exact) mass is 168 g/mol. The minimum absolute atomic E-state index is 0.347. The molecule has 2 N–H and O–H groups in total. The summed E-state index contributed by atoms with van der Waals surface area (Å²) in [7, 11) is 0. The Kier molecular flexibility index (Phi) is 1.17. The van der Waals surface area contributed by atoms with E-state index in [9.17, 15) is 0 Å². The molecule has 5 heteroatoms. The molecule has 0 aliphatic rings. The zero-order chi connectivity index (χ0) is 8.01. The van der Waals surface area contributed by atoms with Gasteiger partial charge in [-0.1, -0.05) is 11.3 Å². The predicted molar refractivity (Wildman–Crippen MR) is 44.8 cm³/mol. The summed E-state index contributed by atoms with van der Waals surface area (Å²) in [5.74, 6) is 0.347. The highest BCUT2D eigenvalue weighted by atomic mass is 32.1. The summed E-state index contributed by atoms with van der Waals surface area (Å²) >= 11 is 1.61. The molecule has 11 heavy (non-hydrogen) atoms. The standard InChI is InChI=1S/C6H8N4S/c1-3-4(2)11-6-8-5(7)9-10(3)6/h1-2H3,(H2,7,9). The first-order chi connectivity index (χ1) is 5.18. The molecule has 58 valence electrons. The molecule has 0 spiro atoms. The maximum absolute atomic E-state index is 5.42. The van der Waals surface area contributed by atoms with Gasteiger partial charge in [0.1, 0.15) is 0 Å². The van der Waals surface area contributed by atoms with Crippen molar-refractivity contribution < 1.29 is 0 Å². The van der Waals surface area contributed by atoms with Gasteiger partial charge in [0.05, 0.1) is 5.69 Å². The van der Waals surface area contributed by atoms with E-state index in [2.05, 4.69) is 10.1 Å². The summed E-state index contributed by atoms with van der Waals surface area (Å²) < 4.78 is 1.77. The lowest BCUT2D eigenvalue weighted by atomic mass is 10.4. The highest BCUT2D eigenvalue weighted by Gasteiger charge is 2.07. The van der Waals surface area contributed by atoms with Gasteiger partial charge in [-0.3, -0.25) is 0 Å². The van der Waals surface area contributed by atoms with E-state index in [4.69, 9.17) is 5.73 Å². The number of nitrogen functional groups attached to an aromatic ring is 1. The van der Waals surface area contributed by atoms with Gasteiger partial charge in [-0.15, -0.1) is 5.10 Å². The molecule has 0 aliphatic heterocycles. The van der Waals surface area contributed by atoms with E-state index in [-0.39, 0.29) is 0 Å². The molecule has 0 saturated heterocycles. The Morgan fingerprint density at radius 1 is 1.45 bits per heavy atom. The molecule has 2 aromatic heterocycles. The second-order valence-electron chi connectivity index (χ2n) is 2.41. The van der Waals surface area contributed by atoms with Crippen molar-refractivity contribution in [1.29, 1.82) is 0 Å². The topological polar surface area (TPSA) is 56.2 Å². The maximum atomic E-state index is 5.42. The van der Waals surface area contributed by atoms with Crippen LogP contribution < -0.4 is 5.73 Å². The minimum Gasteiger partial charge on any atom is -0.366 e. The van der Waals surface area contributed by atoms with Crippen molar-refractivity contribution in [2.45, 2.75) is 13.8 Å². The van der Waals surface area contributed by atoms with Crippen molar-refractivity contribution in [3.8, 4) is 0 Å². The second kappa shape index (κ2) is 1.94. The summed E-state index contributed by atoms with van der Waals surface area (Å²) in [5.41, 5.74) is 6.54. The molecule has 0 atom stereocenters. The Morgan fingerprint density at radius 3 is 2.82 bits per heavy atom. The van der Waals surface area contributed by atoms with Gasteiger partial charge >= 0.3 is 0 Å². The maximum Gasteiger partial charge on any atom is 0.241 e. The Labute approximate surface area is 67.7 Å². The van der Waals surface area contributed by atoms with Crippen molar-refractivity contribution in [2.75, 3.05) is 5.73 Å². The number of rotatable bonds is 0. The van der Waals surface area contributed by atoms with Crippen LogP contribution in [-0.2, 0) is 0 Å². The average Bonchev–Trinajstić information content (AvgIpc) is 2.37. The van der Waals surface area contributed by atoms with Gasteiger partial charge in [0.15, 0.2) is 0 Å². The fourth-order valence-corrected chi connectivity index (χ4v) is 1.87. The lowest BCUT2D eigenvalue weighted by Gasteiger charge is -1.86. The SMILES string of the molecule is Cc1sc2nc(N)nn2c1C. The van der Waals surface area contributed by atoms with E-state index in [0.717, 1.165) is 10.7 Å². The number of anilines is 1. The van der Waals surface area contributed by atoms with Crippen molar-refractivity contribution >= 4 is 22.2 Å². The minimum atomic E-state index is 0.347. The molecule has 0 bridgehead atoms. The molecule has 0 aromatic carbocycles. The fraction of sp³-hybridized carbons (Fsp3) is 0.333. The summed E-state index contributed by atoms with van der Waals surface area (Å²) in [6, 6.07) is 0. The Hall–Kier alpha value is -1.10. The van der Waals surface area contributed by atoms with Gasteiger partial charge in [-0.2, -0.15) is 4.98 Å². The van der Waals surface area contributed by atoms with Crippen LogP contribution in [0.4, 0.5) is 5.95 Å². The van der Waals surface area contributed by atoms with E-state index < -0.39 is 0 Å². The second-order valence-corrected chi connectivity index (χ2v) is 3.59. The van der Waals surface area contributed by atoms with Gasteiger partial charge < -0.3 is 5.73 Å². The molecule has 0 fully saturated rings. The summed E-state index contributed by atoms with van der Waals surface area (Å²) in [5, 5.41) is 4.03. The molecular weight excluding hydrogens is 160 g/mol. The predicted octanol–water partition coefficient (Wildman–Crippen LogP) is 0.990. The number of nitrogens with two attached hydrogens (primary N) is 1. The Bertz CT molecular complexity index is 400. The zero-order valence-corrected chi connectivity index (χ0v) is 7.14. The van der Waals surface area contributed by atoms with Crippen molar-refractivity contribution in [3.05, 3.63) is 10.6 Å². The molecule has 0 saturated carbocycles. The van der Waals surface area contributed by atoms with Gasteiger partial charge in [0.2, 0.25) is 10.9 Å². The first-order valence-corrected chi connectivity index (χ1v) is 4.08. The van der Waals surface area contributed by atoms with Crippen LogP contribution in [0.3, 0.4) is 0 Å². The first kappa shape index (κ1) is 6.60. The number of hydrogen-bond acceptors (Lipinski definition) is 4. The Balaban J connectivity index is 2.88. The molecule has 2 aromatic rings. The van der Waals surface area contributed by atoms with Crippen molar-refractivity contribution in [3.63, 3.8) is 0 Å². The number of aryl methyl sites for hydroxylation is 2. The van der Waals surface area contributed by atoms with Crippen LogP contribution in [0.1, 0.15) is 10.6 Å². The molecular formula is C6H8N4S. The normalized spacial score (nSPS) is 11.1. The van der Waals surface area contributed by atoms with Crippen LogP contribution in [-0.4, -0.2) is 14.6 Å². The van der Waals surface area contributed by atoms with E-state index in [1.54, 1.807) is 15.9 Å². The van der Waals surface area contributed by atoms with Crippen molar-refractivity contribution in [2.24, 2.45) is 0 Å². The quantitative estimate of drug-likeness (QED) is 0.638. The average molecular weight is 168 g/mol. The largest absolute Gasteiger partial charge is 0.366 e. The van der Waals surface area contributed by atoms with Crippen LogP contribution in [0.5, 0.6) is 0 Å². The van der Waals surface area contributed by atoms with Crippen LogP contribution in [0, 0.1) is 13.8 Å². The number of nitrogens with zero attached hydrogens (tertiary/aromatic N) is 3. The van der Waals surface area contributed by atoms with Crippen LogP contribution in [0.25, 0.3) is 4.96 Å². The third-order valence-electron chi connectivity index (χ3n) is 1.67. The van der Waals surface area contributed by atoms with Gasteiger partial charge in [-0.05, 0) is 13.8 Å². The van der Waals surface area contributed by atoms with E-state index in [0.29, 0.717) is 5.95 Å². The number of fused-ring (bicyclic) bond motifs is 1.